The van der Waals surface area contributed by atoms with Crippen LogP contribution in [0.25, 0.3) is 0 Å². The average molecular weight is 337 g/mol. The van der Waals surface area contributed by atoms with Gasteiger partial charge in [-0.15, -0.1) is 11.3 Å². The Morgan fingerprint density at radius 2 is 2.14 bits per heavy atom. The van der Waals surface area contributed by atoms with Crippen LogP contribution >= 0.6 is 23.1 Å². The van der Waals surface area contributed by atoms with E-state index in [9.17, 15) is 18.3 Å². The summed E-state index contributed by atoms with van der Waals surface area (Å²) >= 11 is 2.93. The molecule has 0 aromatic carbocycles. The van der Waals surface area contributed by atoms with Gasteiger partial charge in [0.2, 0.25) is 0 Å². The number of hydrogen-bond acceptors (Lipinski definition) is 4. The topological polar surface area (TPSA) is 33.1 Å². The summed E-state index contributed by atoms with van der Waals surface area (Å²) < 4.78 is 38.4. The monoisotopic (exact) mass is 337 g/mol. The van der Waals surface area contributed by atoms with Crippen molar-refractivity contribution in [2.45, 2.75) is 38.6 Å². The van der Waals surface area contributed by atoms with Gasteiger partial charge in [0.25, 0.3) is 0 Å². The highest BCUT2D eigenvalue weighted by Gasteiger charge is 2.32. The molecule has 0 unspecified atom stereocenters. The maximum absolute atomic E-state index is 12.8. The molecular weight excluding hydrogens is 319 g/mol. The number of allylic oxidation sites excluding steroid dienone is 3. The molecule has 0 bridgehead atoms. The van der Waals surface area contributed by atoms with E-state index < -0.39 is 11.7 Å². The molecule has 1 N–H and O–H groups in total. The highest BCUT2D eigenvalue weighted by molar-refractivity contribution is 7.98. The summed E-state index contributed by atoms with van der Waals surface area (Å²) in [6.07, 6.45) is -1.52. The SMILES string of the molecule is CC/C(O)=C\C(=C/CSCc1scnc1CC)C(F)(F)F. The van der Waals surface area contributed by atoms with Crippen LogP contribution in [0.15, 0.2) is 29.0 Å². The molecule has 0 spiro atoms. The maximum atomic E-state index is 12.8. The fraction of sp³-hybridized carbons (Fsp3) is 0.500. The lowest BCUT2D eigenvalue weighted by Crippen LogP contribution is -2.11. The van der Waals surface area contributed by atoms with Crippen molar-refractivity contribution in [1.82, 2.24) is 4.98 Å². The molecule has 0 aliphatic heterocycles. The summed E-state index contributed by atoms with van der Waals surface area (Å²) in [5, 5.41) is 9.27. The van der Waals surface area contributed by atoms with E-state index in [1.165, 1.54) is 23.1 Å². The molecule has 21 heavy (non-hydrogen) atoms. The number of rotatable bonds is 7. The Hall–Kier alpha value is -0.950. The van der Waals surface area contributed by atoms with Gasteiger partial charge >= 0.3 is 6.18 Å². The molecule has 0 aliphatic rings. The van der Waals surface area contributed by atoms with Crippen molar-refractivity contribution in [2.75, 3.05) is 5.75 Å². The van der Waals surface area contributed by atoms with Crippen molar-refractivity contribution in [2.24, 2.45) is 0 Å². The summed E-state index contributed by atoms with van der Waals surface area (Å²) in [6, 6.07) is 0. The summed E-state index contributed by atoms with van der Waals surface area (Å²) in [5.74, 6) is 0.627. The van der Waals surface area contributed by atoms with Gasteiger partial charge in [-0.2, -0.15) is 24.9 Å². The molecule has 0 radical (unpaired) electrons. The molecule has 0 amide bonds. The first-order chi connectivity index (χ1) is 9.88. The molecule has 1 heterocycles. The van der Waals surface area contributed by atoms with Crippen LogP contribution in [-0.2, 0) is 12.2 Å². The highest BCUT2D eigenvalue weighted by atomic mass is 32.2. The van der Waals surface area contributed by atoms with Crippen LogP contribution in [0, 0.1) is 0 Å². The molecule has 7 heteroatoms. The third kappa shape index (κ3) is 6.13. The van der Waals surface area contributed by atoms with Gasteiger partial charge in [0.1, 0.15) is 0 Å². The zero-order valence-corrected chi connectivity index (χ0v) is 13.5. The van der Waals surface area contributed by atoms with Crippen molar-refractivity contribution < 1.29 is 18.3 Å². The molecule has 0 saturated heterocycles. The molecule has 118 valence electrons. The average Bonchev–Trinajstić information content (AvgIpc) is 2.88. The van der Waals surface area contributed by atoms with Gasteiger partial charge < -0.3 is 5.11 Å². The number of aliphatic hydroxyl groups excluding tert-OH is 1. The van der Waals surface area contributed by atoms with Gasteiger partial charge in [-0.05, 0) is 12.5 Å². The van der Waals surface area contributed by atoms with Crippen LogP contribution in [0.1, 0.15) is 30.8 Å². The van der Waals surface area contributed by atoms with E-state index in [4.69, 9.17) is 0 Å². The summed E-state index contributed by atoms with van der Waals surface area (Å²) in [4.78, 5) is 5.31. The van der Waals surface area contributed by atoms with Gasteiger partial charge in [0.05, 0.1) is 22.5 Å². The number of alkyl halides is 3. The number of aliphatic hydroxyl groups is 1. The van der Waals surface area contributed by atoms with E-state index in [1.54, 1.807) is 12.4 Å². The molecule has 0 atom stereocenters. The molecule has 1 aromatic heterocycles. The van der Waals surface area contributed by atoms with Crippen LogP contribution in [0.2, 0.25) is 0 Å². The summed E-state index contributed by atoms with van der Waals surface area (Å²) in [7, 11) is 0. The number of halogens is 3. The number of hydrogen-bond donors (Lipinski definition) is 1. The summed E-state index contributed by atoms with van der Waals surface area (Å²) in [5.41, 5.74) is 1.97. The third-order valence-corrected chi connectivity index (χ3v) is 4.68. The molecule has 1 aromatic rings. The first-order valence-corrected chi connectivity index (χ1v) is 8.57. The maximum Gasteiger partial charge on any atom is 0.416 e. The number of nitrogens with zero attached hydrogens (tertiary/aromatic N) is 1. The predicted molar refractivity (Wildman–Crippen MR) is 82.8 cm³/mol. The second-order valence-corrected chi connectivity index (χ2v) is 6.21. The largest absolute Gasteiger partial charge is 0.512 e. The van der Waals surface area contributed by atoms with Crippen molar-refractivity contribution in [3.05, 3.63) is 39.6 Å². The van der Waals surface area contributed by atoms with E-state index in [-0.39, 0.29) is 17.9 Å². The Kier molecular flexibility index (Phi) is 7.31. The van der Waals surface area contributed by atoms with Gasteiger partial charge in [-0.25, -0.2) is 4.98 Å². The van der Waals surface area contributed by atoms with E-state index in [1.807, 2.05) is 6.92 Å². The number of thioether (sulfide) groups is 1. The molecule has 0 saturated carbocycles. The Morgan fingerprint density at radius 1 is 1.43 bits per heavy atom. The fourth-order valence-electron chi connectivity index (χ4n) is 1.54. The Morgan fingerprint density at radius 3 is 2.71 bits per heavy atom. The number of aryl methyl sites for hydroxylation is 1. The van der Waals surface area contributed by atoms with Crippen LogP contribution < -0.4 is 0 Å². The minimum absolute atomic E-state index is 0.182. The molecular formula is C14H18F3NOS2. The fourth-order valence-corrected chi connectivity index (χ4v) is 3.47. The normalized spacial score (nSPS) is 13.8. The van der Waals surface area contributed by atoms with Gasteiger partial charge in [0, 0.05) is 22.8 Å². The Bertz CT molecular complexity index is 507. The van der Waals surface area contributed by atoms with Crippen LogP contribution in [0.3, 0.4) is 0 Å². The lowest BCUT2D eigenvalue weighted by Gasteiger charge is -2.08. The number of aromatic nitrogens is 1. The van der Waals surface area contributed by atoms with Gasteiger partial charge in [0.15, 0.2) is 0 Å². The third-order valence-electron chi connectivity index (χ3n) is 2.73. The predicted octanol–water partition coefficient (Wildman–Crippen LogP) is 5.28. The minimum atomic E-state index is -4.44. The van der Waals surface area contributed by atoms with Crippen LogP contribution in [0.5, 0.6) is 0 Å². The van der Waals surface area contributed by atoms with E-state index in [0.29, 0.717) is 5.75 Å². The lowest BCUT2D eigenvalue weighted by molar-refractivity contribution is -0.0885. The van der Waals surface area contributed by atoms with E-state index in [2.05, 4.69) is 4.98 Å². The smallest absolute Gasteiger partial charge is 0.416 e. The molecule has 0 fully saturated rings. The second kappa shape index (κ2) is 8.48. The number of thiazole rings is 1. The quantitative estimate of drug-likeness (QED) is 0.417. The first kappa shape index (κ1) is 18.1. The van der Waals surface area contributed by atoms with Gasteiger partial charge in [-0.1, -0.05) is 19.9 Å². The van der Waals surface area contributed by atoms with E-state index >= 15 is 0 Å². The van der Waals surface area contributed by atoms with Gasteiger partial charge in [-0.3, -0.25) is 0 Å². The first-order valence-electron chi connectivity index (χ1n) is 6.54. The van der Waals surface area contributed by atoms with Crippen molar-refractivity contribution in [3.8, 4) is 0 Å². The van der Waals surface area contributed by atoms with Crippen molar-refractivity contribution in [3.63, 3.8) is 0 Å². The standard InChI is InChI=1S/C14H18F3NOS2/c1-3-11(19)7-10(14(15,16)17)5-6-20-8-13-12(4-2)18-9-21-13/h5,7,9,19H,3-4,6,8H2,1-2H3/b10-5+,11-7+. The van der Waals surface area contributed by atoms with Crippen LogP contribution in [0.4, 0.5) is 13.2 Å². The van der Waals surface area contributed by atoms with Crippen LogP contribution in [-0.4, -0.2) is 22.0 Å². The highest BCUT2D eigenvalue weighted by Crippen LogP contribution is 2.29. The Balaban J connectivity index is 2.63. The summed E-state index contributed by atoms with van der Waals surface area (Å²) in [6.45, 7) is 3.61. The lowest BCUT2D eigenvalue weighted by atomic mass is 10.2. The van der Waals surface area contributed by atoms with Crippen molar-refractivity contribution in [1.29, 1.82) is 0 Å². The minimum Gasteiger partial charge on any atom is -0.512 e. The van der Waals surface area contributed by atoms with Crippen molar-refractivity contribution >= 4 is 23.1 Å². The zero-order chi connectivity index (χ0) is 15.9. The Labute approximate surface area is 130 Å². The molecule has 2 nitrogen and oxygen atoms in total. The van der Waals surface area contributed by atoms with E-state index in [0.717, 1.165) is 29.1 Å². The molecule has 1 rings (SSSR count). The zero-order valence-electron chi connectivity index (χ0n) is 11.9. The second-order valence-electron chi connectivity index (χ2n) is 4.24. The molecule has 0 aliphatic carbocycles.